The Labute approximate surface area is 127 Å². The predicted octanol–water partition coefficient (Wildman–Crippen LogP) is 3.56. The molecule has 0 aromatic heterocycles. The highest BCUT2D eigenvalue weighted by molar-refractivity contribution is 7.80. The van der Waals surface area contributed by atoms with E-state index in [4.69, 9.17) is 11.6 Å². The van der Waals surface area contributed by atoms with Crippen molar-refractivity contribution in [1.29, 1.82) is 0 Å². The van der Waals surface area contributed by atoms with Crippen LogP contribution in [0.1, 0.15) is 19.3 Å². The van der Waals surface area contributed by atoms with E-state index in [2.05, 4.69) is 34.6 Å². The van der Waals surface area contributed by atoms with Crippen molar-refractivity contribution in [1.82, 2.24) is 4.90 Å². The molecule has 0 saturated carbocycles. The van der Waals surface area contributed by atoms with Crippen molar-refractivity contribution in [3.8, 4) is 0 Å². The summed E-state index contributed by atoms with van der Waals surface area (Å²) in [6.07, 6.45) is 3.84. The SMILES string of the molecule is SCCCCCN1CCN(c2ccccc2Cl)CC1. The first-order chi connectivity index (χ1) is 9.31. The third-order valence-corrected chi connectivity index (χ3v) is 4.33. The smallest absolute Gasteiger partial charge is 0.0639 e. The van der Waals surface area contributed by atoms with Gasteiger partial charge in [-0.2, -0.15) is 12.6 Å². The van der Waals surface area contributed by atoms with Crippen LogP contribution in [0.4, 0.5) is 5.69 Å². The van der Waals surface area contributed by atoms with Crippen LogP contribution in [0.3, 0.4) is 0 Å². The molecule has 0 atom stereocenters. The van der Waals surface area contributed by atoms with Gasteiger partial charge in [0, 0.05) is 26.2 Å². The van der Waals surface area contributed by atoms with Crippen LogP contribution in [0.25, 0.3) is 0 Å². The standard InChI is InChI=1S/C15H23ClN2S/c16-14-6-2-3-7-15(14)18-11-9-17(10-12-18)8-4-1-5-13-19/h2-3,6-7,19H,1,4-5,8-13H2. The van der Waals surface area contributed by atoms with Gasteiger partial charge in [-0.1, -0.05) is 30.2 Å². The van der Waals surface area contributed by atoms with Crippen molar-refractivity contribution in [2.75, 3.05) is 43.4 Å². The Morgan fingerprint density at radius 1 is 1.00 bits per heavy atom. The molecule has 0 bridgehead atoms. The van der Waals surface area contributed by atoms with E-state index in [1.807, 2.05) is 12.1 Å². The molecule has 4 heteroatoms. The van der Waals surface area contributed by atoms with Crippen LogP contribution in [0.5, 0.6) is 0 Å². The van der Waals surface area contributed by atoms with Crippen molar-refractivity contribution < 1.29 is 0 Å². The summed E-state index contributed by atoms with van der Waals surface area (Å²) in [4.78, 5) is 4.96. The highest BCUT2D eigenvalue weighted by atomic mass is 35.5. The Balaban J connectivity index is 1.75. The molecule has 1 aromatic carbocycles. The summed E-state index contributed by atoms with van der Waals surface area (Å²) >= 11 is 10.5. The van der Waals surface area contributed by atoms with Crippen LogP contribution >= 0.6 is 24.2 Å². The second-order valence-corrected chi connectivity index (χ2v) is 5.92. The summed E-state index contributed by atoms with van der Waals surface area (Å²) in [5.41, 5.74) is 1.18. The third-order valence-electron chi connectivity index (χ3n) is 3.70. The Morgan fingerprint density at radius 3 is 2.42 bits per heavy atom. The van der Waals surface area contributed by atoms with Crippen molar-refractivity contribution in [2.45, 2.75) is 19.3 Å². The normalized spacial score (nSPS) is 16.8. The van der Waals surface area contributed by atoms with Gasteiger partial charge in [0.25, 0.3) is 0 Å². The molecule has 1 heterocycles. The first kappa shape index (κ1) is 15.0. The first-order valence-corrected chi connectivity index (χ1v) is 8.15. The lowest BCUT2D eigenvalue weighted by Gasteiger charge is -2.36. The molecule has 106 valence electrons. The minimum absolute atomic E-state index is 0.865. The predicted molar refractivity (Wildman–Crippen MR) is 87.8 cm³/mol. The van der Waals surface area contributed by atoms with Gasteiger partial charge in [0.2, 0.25) is 0 Å². The van der Waals surface area contributed by atoms with Gasteiger partial charge in [0.1, 0.15) is 0 Å². The number of hydrogen-bond acceptors (Lipinski definition) is 3. The van der Waals surface area contributed by atoms with Crippen molar-refractivity contribution in [2.24, 2.45) is 0 Å². The lowest BCUT2D eigenvalue weighted by atomic mass is 10.2. The van der Waals surface area contributed by atoms with Crippen molar-refractivity contribution >= 4 is 29.9 Å². The van der Waals surface area contributed by atoms with E-state index in [9.17, 15) is 0 Å². The zero-order chi connectivity index (χ0) is 13.5. The van der Waals surface area contributed by atoms with E-state index in [1.165, 1.54) is 31.5 Å². The average Bonchev–Trinajstić information content (AvgIpc) is 2.45. The van der Waals surface area contributed by atoms with Gasteiger partial charge >= 0.3 is 0 Å². The molecule has 2 rings (SSSR count). The molecule has 1 aliphatic rings. The Bertz CT molecular complexity index is 378. The van der Waals surface area contributed by atoms with Crippen molar-refractivity contribution in [3.05, 3.63) is 29.3 Å². The monoisotopic (exact) mass is 298 g/mol. The zero-order valence-electron chi connectivity index (χ0n) is 11.4. The molecule has 0 unspecified atom stereocenters. The molecule has 19 heavy (non-hydrogen) atoms. The lowest BCUT2D eigenvalue weighted by molar-refractivity contribution is 0.253. The van der Waals surface area contributed by atoms with Crippen LogP contribution in [0, 0.1) is 0 Å². The van der Waals surface area contributed by atoms with E-state index >= 15 is 0 Å². The average molecular weight is 299 g/mol. The highest BCUT2D eigenvalue weighted by Gasteiger charge is 2.17. The van der Waals surface area contributed by atoms with E-state index in [1.54, 1.807) is 0 Å². The summed E-state index contributed by atoms with van der Waals surface area (Å²) in [6.45, 7) is 5.68. The fourth-order valence-corrected chi connectivity index (χ4v) is 3.02. The zero-order valence-corrected chi connectivity index (χ0v) is 13.0. The Morgan fingerprint density at radius 2 is 1.74 bits per heavy atom. The minimum Gasteiger partial charge on any atom is -0.368 e. The molecule has 0 radical (unpaired) electrons. The first-order valence-electron chi connectivity index (χ1n) is 7.14. The van der Waals surface area contributed by atoms with E-state index in [0.717, 1.165) is 37.0 Å². The largest absolute Gasteiger partial charge is 0.368 e. The number of anilines is 1. The van der Waals surface area contributed by atoms with Crippen LogP contribution in [0.2, 0.25) is 5.02 Å². The third kappa shape index (κ3) is 4.59. The molecular weight excluding hydrogens is 276 g/mol. The Kier molecular flexibility index (Phi) is 6.35. The lowest BCUT2D eigenvalue weighted by Crippen LogP contribution is -2.46. The molecule has 1 aromatic rings. The van der Waals surface area contributed by atoms with E-state index < -0.39 is 0 Å². The fourth-order valence-electron chi connectivity index (χ4n) is 2.54. The number of piperazine rings is 1. The van der Waals surface area contributed by atoms with Crippen LogP contribution in [-0.2, 0) is 0 Å². The number of benzene rings is 1. The summed E-state index contributed by atoms with van der Waals surface area (Å²) in [5, 5.41) is 0.865. The van der Waals surface area contributed by atoms with Gasteiger partial charge in [0.15, 0.2) is 0 Å². The maximum atomic E-state index is 6.25. The number of thiol groups is 1. The summed E-state index contributed by atoms with van der Waals surface area (Å²) < 4.78 is 0. The van der Waals surface area contributed by atoms with Gasteiger partial charge in [-0.15, -0.1) is 0 Å². The summed E-state index contributed by atoms with van der Waals surface area (Å²) in [6, 6.07) is 8.14. The van der Waals surface area contributed by atoms with Crippen LogP contribution < -0.4 is 4.90 Å². The van der Waals surface area contributed by atoms with E-state index in [-0.39, 0.29) is 0 Å². The number of rotatable bonds is 6. The number of unbranched alkanes of at least 4 members (excludes halogenated alkanes) is 2. The maximum Gasteiger partial charge on any atom is 0.0639 e. The second kappa shape index (κ2) is 8.03. The van der Waals surface area contributed by atoms with Gasteiger partial charge in [-0.05, 0) is 37.3 Å². The van der Waals surface area contributed by atoms with Crippen LogP contribution in [-0.4, -0.2) is 43.4 Å². The van der Waals surface area contributed by atoms with Gasteiger partial charge in [0.05, 0.1) is 10.7 Å². The molecular formula is C15H23ClN2S. The molecule has 0 amide bonds. The fraction of sp³-hybridized carbons (Fsp3) is 0.600. The number of hydrogen-bond donors (Lipinski definition) is 1. The second-order valence-electron chi connectivity index (χ2n) is 5.06. The van der Waals surface area contributed by atoms with Crippen molar-refractivity contribution in [3.63, 3.8) is 0 Å². The topological polar surface area (TPSA) is 6.48 Å². The maximum absolute atomic E-state index is 6.25. The number of para-hydroxylation sites is 1. The minimum atomic E-state index is 0.865. The molecule has 2 nitrogen and oxygen atoms in total. The van der Waals surface area contributed by atoms with Gasteiger partial charge < -0.3 is 4.90 Å². The van der Waals surface area contributed by atoms with Gasteiger partial charge in [-0.25, -0.2) is 0 Å². The number of halogens is 1. The summed E-state index contributed by atoms with van der Waals surface area (Å²) in [5.74, 6) is 1.01. The molecule has 1 saturated heterocycles. The van der Waals surface area contributed by atoms with Crippen LogP contribution in [0.15, 0.2) is 24.3 Å². The molecule has 1 aliphatic heterocycles. The molecule has 0 spiro atoms. The molecule has 0 N–H and O–H groups in total. The summed E-state index contributed by atoms with van der Waals surface area (Å²) in [7, 11) is 0. The molecule has 1 fully saturated rings. The molecule has 0 aliphatic carbocycles. The highest BCUT2D eigenvalue weighted by Crippen LogP contribution is 2.25. The van der Waals surface area contributed by atoms with E-state index in [0.29, 0.717) is 0 Å². The quantitative estimate of drug-likeness (QED) is 0.634. The Hall–Kier alpha value is -0.380. The number of nitrogens with zero attached hydrogens (tertiary/aromatic N) is 2. The van der Waals surface area contributed by atoms with Gasteiger partial charge in [-0.3, -0.25) is 4.90 Å².